The lowest BCUT2D eigenvalue weighted by Gasteiger charge is -2.32. The van der Waals surface area contributed by atoms with Crippen LogP contribution in [0.1, 0.15) is 37.0 Å². The number of anilines is 2. The zero-order chi connectivity index (χ0) is 23.4. The molecular formula is C24H22N4O3S2. The third kappa shape index (κ3) is 5.18. The molecule has 2 aromatic rings. The van der Waals surface area contributed by atoms with Crippen LogP contribution in [0, 0.1) is 11.3 Å². The molecule has 0 spiro atoms. The molecule has 1 atom stereocenters. The summed E-state index contributed by atoms with van der Waals surface area (Å²) < 4.78 is 0. The Hall–Kier alpha value is -3.35. The van der Waals surface area contributed by atoms with Gasteiger partial charge in [-0.15, -0.1) is 11.3 Å². The fraction of sp³-hybridized carbons (Fsp3) is 0.250. The van der Waals surface area contributed by atoms with Gasteiger partial charge in [-0.1, -0.05) is 17.8 Å². The molecule has 3 N–H and O–H groups in total. The summed E-state index contributed by atoms with van der Waals surface area (Å²) in [5, 5.41) is 21.3. The predicted octanol–water partition coefficient (Wildman–Crippen LogP) is 4.51. The highest BCUT2D eigenvalue weighted by Crippen LogP contribution is 2.45. The number of carbonyl (C=O) groups is 3. The van der Waals surface area contributed by atoms with Crippen LogP contribution in [0.2, 0.25) is 0 Å². The molecule has 7 nitrogen and oxygen atoms in total. The lowest BCUT2D eigenvalue weighted by atomic mass is 9.79. The molecule has 0 fully saturated rings. The number of nitrogens with zero attached hydrogens (tertiary/aromatic N) is 1. The topological polar surface area (TPSA) is 111 Å². The molecule has 1 aromatic heterocycles. The Morgan fingerprint density at radius 2 is 1.91 bits per heavy atom. The maximum absolute atomic E-state index is 12.7. The number of ketones is 1. The first-order chi connectivity index (χ1) is 16.0. The van der Waals surface area contributed by atoms with Crippen LogP contribution in [0.4, 0.5) is 11.4 Å². The number of nitriles is 1. The Labute approximate surface area is 199 Å². The summed E-state index contributed by atoms with van der Waals surface area (Å²) >= 11 is 2.79. The molecule has 2 heterocycles. The third-order valence-electron chi connectivity index (χ3n) is 5.33. The van der Waals surface area contributed by atoms with E-state index < -0.39 is 0 Å². The summed E-state index contributed by atoms with van der Waals surface area (Å²) in [6, 6.07) is 13.0. The predicted molar refractivity (Wildman–Crippen MR) is 131 cm³/mol. The number of benzene rings is 1. The van der Waals surface area contributed by atoms with Gasteiger partial charge in [0.2, 0.25) is 11.8 Å². The summed E-state index contributed by atoms with van der Waals surface area (Å²) in [7, 11) is 0. The van der Waals surface area contributed by atoms with Gasteiger partial charge in [-0.3, -0.25) is 14.4 Å². The average molecular weight is 479 g/mol. The van der Waals surface area contributed by atoms with Crippen LogP contribution in [0.5, 0.6) is 0 Å². The SMILES string of the molecule is CC(=O)Nc1ccc(NC(=O)CSC2=C(C#N)C(c3cccs3)C3=C(CCCC3=O)N2)cc1. The number of allylic oxidation sites excluding steroid dienone is 3. The number of rotatable bonds is 6. The van der Waals surface area contributed by atoms with E-state index in [1.807, 2.05) is 17.5 Å². The molecular weight excluding hydrogens is 456 g/mol. The minimum atomic E-state index is -0.383. The number of amides is 2. The fourth-order valence-electron chi connectivity index (χ4n) is 3.95. The molecule has 0 radical (unpaired) electrons. The standard InChI is InChI=1S/C24H22N4O3S2/c1-14(29)26-15-7-9-16(10-8-15)27-21(31)13-33-24-17(12-25)22(20-6-3-11-32-20)23-18(28-24)4-2-5-19(23)30/h3,6-11,22,28H,2,4-5,13H2,1H3,(H,26,29)(H,27,31). The Kier molecular flexibility index (Phi) is 6.96. The van der Waals surface area contributed by atoms with Crippen LogP contribution in [0.3, 0.4) is 0 Å². The first kappa shape index (κ1) is 22.8. The summed E-state index contributed by atoms with van der Waals surface area (Å²) in [5.41, 5.74) is 3.29. The summed E-state index contributed by atoms with van der Waals surface area (Å²) in [4.78, 5) is 37.4. The zero-order valence-corrected chi connectivity index (χ0v) is 19.6. The lowest BCUT2D eigenvalue weighted by molar-refractivity contribution is -0.116. The van der Waals surface area contributed by atoms with E-state index in [-0.39, 0.29) is 29.3 Å². The second-order valence-corrected chi connectivity index (χ2v) is 9.66. The van der Waals surface area contributed by atoms with E-state index in [0.29, 0.717) is 34.0 Å². The number of hydrogen-bond acceptors (Lipinski definition) is 7. The van der Waals surface area contributed by atoms with Gasteiger partial charge in [0.25, 0.3) is 0 Å². The van der Waals surface area contributed by atoms with Crippen molar-refractivity contribution >= 4 is 52.1 Å². The van der Waals surface area contributed by atoms with Crippen LogP contribution in [-0.2, 0) is 14.4 Å². The van der Waals surface area contributed by atoms with Crippen LogP contribution >= 0.6 is 23.1 Å². The number of thioether (sulfide) groups is 1. The monoisotopic (exact) mass is 478 g/mol. The Morgan fingerprint density at radius 3 is 2.55 bits per heavy atom. The molecule has 0 saturated carbocycles. The molecule has 4 rings (SSSR count). The molecule has 2 amide bonds. The maximum atomic E-state index is 12.7. The molecule has 9 heteroatoms. The largest absolute Gasteiger partial charge is 0.352 e. The van der Waals surface area contributed by atoms with Crippen molar-refractivity contribution in [1.82, 2.24) is 5.32 Å². The molecule has 1 aromatic carbocycles. The van der Waals surface area contributed by atoms with E-state index in [1.54, 1.807) is 24.3 Å². The Balaban J connectivity index is 1.49. The van der Waals surface area contributed by atoms with Crippen LogP contribution in [-0.4, -0.2) is 23.4 Å². The highest BCUT2D eigenvalue weighted by molar-refractivity contribution is 8.03. The van der Waals surface area contributed by atoms with Crippen LogP contribution in [0.25, 0.3) is 0 Å². The first-order valence-corrected chi connectivity index (χ1v) is 12.3. The van der Waals surface area contributed by atoms with Crippen LogP contribution in [0.15, 0.2) is 63.7 Å². The molecule has 1 aliphatic carbocycles. The molecule has 1 aliphatic heterocycles. The van der Waals surface area contributed by atoms with Gasteiger partial charge in [0.15, 0.2) is 5.78 Å². The van der Waals surface area contributed by atoms with Crippen molar-refractivity contribution in [1.29, 1.82) is 5.26 Å². The Morgan fingerprint density at radius 1 is 1.18 bits per heavy atom. The number of dihydropyridines is 1. The summed E-state index contributed by atoms with van der Waals surface area (Å²) in [5.74, 6) is -0.575. The quantitative estimate of drug-likeness (QED) is 0.563. The summed E-state index contributed by atoms with van der Waals surface area (Å²) in [6.07, 6.45) is 2.02. The smallest absolute Gasteiger partial charge is 0.234 e. The van der Waals surface area contributed by atoms with Gasteiger partial charge in [-0.2, -0.15) is 5.26 Å². The van der Waals surface area contributed by atoms with Crippen molar-refractivity contribution in [2.45, 2.75) is 32.1 Å². The lowest BCUT2D eigenvalue weighted by Crippen LogP contribution is -2.31. The molecule has 0 saturated heterocycles. The van der Waals surface area contributed by atoms with Gasteiger partial charge in [-0.05, 0) is 48.6 Å². The van der Waals surface area contributed by atoms with E-state index in [0.717, 1.165) is 23.4 Å². The van der Waals surface area contributed by atoms with E-state index in [1.165, 1.54) is 30.0 Å². The molecule has 1 unspecified atom stereocenters. The van der Waals surface area contributed by atoms with Gasteiger partial charge in [-0.25, -0.2) is 0 Å². The number of nitrogens with one attached hydrogen (secondary N) is 3. The van der Waals surface area contributed by atoms with Gasteiger partial charge in [0.1, 0.15) is 0 Å². The second kappa shape index (κ2) is 10.1. The maximum Gasteiger partial charge on any atom is 0.234 e. The molecule has 33 heavy (non-hydrogen) atoms. The first-order valence-electron chi connectivity index (χ1n) is 10.5. The highest BCUT2D eigenvalue weighted by atomic mass is 32.2. The molecule has 168 valence electrons. The van der Waals surface area contributed by atoms with E-state index >= 15 is 0 Å². The van der Waals surface area contributed by atoms with Gasteiger partial charge in [0.05, 0.1) is 28.3 Å². The number of hydrogen-bond donors (Lipinski definition) is 3. The molecule has 2 aliphatic rings. The van der Waals surface area contributed by atoms with Gasteiger partial charge < -0.3 is 16.0 Å². The average Bonchev–Trinajstić information content (AvgIpc) is 3.32. The summed E-state index contributed by atoms with van der Waals surface area (Å²) in [6.45, 7) is 1.43. The van der Waals surface area contributed by atoms with E-state index in [9.17, 15) is 19.6 Å². The fourth-order valence-corrected chi connectivity index (χ4v) is 5.66. The minimum absolute atomic E-state index is 0.0828. The van der Waals surface area contributed by atoms with Crippen molar-refractivity contribution in [2.75, 3.05) is 16.4 Å². The second-order valence-electron chi connectivity index (χ2n) is 7.69. The van der Waals surface area contributed by atoms with Crippen LogP contribution < -0.4 is 16.0 Å². The van der Waals surface area contributed by atoms with E-state index in [4.69, 9.17) is 0 Å². The number of thiophene rings is 1. The Bertz CT molecular complexity index is 1190. The van der Waals surface area contributed by atoms with Crippen molar-refractivity contribution < 1.29 is 14.4 Å². The zero-order valence-electron chi connectivity index (χ0n) is 17.9. The van der Waals surface area contributed by atoms with Gasteiger partial charge >= 0.3 is 0 Å². The number of carbonyl (C=O) groups excluding carboxylic acids is 3. The number of Topliss-reactive ketones (excluding diaryl/α,β-unsaturated/α-hetero) is 1. The normalized spacial score (nSPS) is 17.7. The van der Waals surface area contributed by atoms with Crippen molar-refractivity contribution in [2.24, 2.45) is 0 Å². The minimum Gasteiger partial charge on any atom is -0.352 e. The van der Waals surface area contributed by atoms with Crippen molar-refractivity contribution in [3.63, 3.8) is 0 Å². The molecule has 0 bridgehead atoms. The third-order valence-corrected chi connectivity index (χ3v) is 7.28. The van der Waals surface area contributed by atoms with Crippen molar-refractivity contribution in [3.05, 3.63) is 68.5 Å². The van der Waals surface area contributed by atoms with Gasteiger partial charge in [0, 0.05) is 40.9 Å². The van der Waals surface area contributed by atoms with E-state index in [2.05, 4.69) is 22.0 Å². The van der Waals surface area contributed by atoms with Crippen molar-refractivity contribution in [3.8, 4) is 6.07 Å². The highest BCUT2D eigenvalue weighted by Gasteiger charge is 2.37.